The molecule has 0 bridgehead atoms. The van der Waals surface area contributed by atoms with Gasteiger partial charge in [-0.15, -0.1) is 24.0 Å². The van der Waals surface area contributed by atoms with E-state index in [1.54, 1.807) is 7.05 Å². The van der Waals surface area contributed by atoms with Gasteiger partial charge in [0, 0.05) is 32.0 Å². The summed E-state index contributed by atoms with van der Waals surface area (Å²) in [7, 11) is -1.33. The third-order valence-corrected chi connectivity index (χ3v) is 4.86. The lowest BCUT2D eigenvalue weighted by Crippen LogP contribution is -2.39. The number of ether oxygens (including phenoxy) is 1. The number of hydrogen-bond donors (Lipinski definition) is 2. The van der Waals surface area contributed by atoms with Crippen LogP contribution in [0.1, 0.15) is 43.7 Å². The van der Waals surface area contributed by atoms with Crippen molar-refractivity contribution < 1.29 is 13.2 Å². The molecule has 1 aromatic carbocycles. The van der Waals surface area contributed by atoms with E-state index in [4.69, 9.17) is 4.74 Å². The summed E-state index contributed by atoms with van der Waals surface area (Å²) in [6, 6.07) is 6.16. The molecule has 0 saturated heterocycles. The van der Waals surface area contributed by atoms with E-state index in [0.29, 0.717) is 19.0 Å². The summed E-state index contributed by atoms with van der Waals surface area (Å²) in [4.78, 5) is 4.12. The average molecular weight is 511 g/mol. The quantitative estimate of drug-likeness (QED) is 0.206. The van der Waals surface area contributed by atoms with E-state index < -0.39 is 9.84 Å². The number of hydrogen-bond acceptors (Lipinski definition) is 4. The van der Waals surface area contributed by atoms with Crippen LogP contribution in [0.3, 0.4) is 0 Å². The summed E-state index contributed by atoms with van der Waals surface area (Å²) < 4.78 is 28.4. The minimum absolute atomic E-state index is 0. The van der Waals surface area contributed by atoms with Gasteiger partial charge in [-0.25, -0.2) is 8.42 Å². The van der Waals surface area contributed by atoms with Crippen LogP contribution in [0.5, 0.6) is 5.75 Å². The summed E-state index contributed by atoms with van der Waals surface area (Å²) in [5.74, 6) is 1.54. The number of aliphatic imine (C=N–C) groups is 1. The lowest BCUT2D eigenvalue weighted by molar-refractivity contribution is 0.301. The van der Waals surface area contributed by atoms with E-state index in [0.717, 1.165) is 29.9 Å². The zero-order valence-electron chi connectivity index (χ0n) is 16.9. The van der Waals surface area contributed by atoms with Crippen molar-refractivity contribution >= 4 is 39.8 Å². The highest BCUT2D eigenvalue weighted by Crippen LogP contribution is 2.20. The van der Waals surface area contributed by atoms with Crippen LogP contribution in [-0.2, 0) is 16.4 Å². The second-order valence-electron chi connectivity index (χ2n) is 6.50. The van der Waals surface area contributed by atoms with Crippen molar-refractivity contribution in [1.29, 1.82) is 0 Å². The van der Waals surface area contributed by atoms with Gasteiger partial charge in [-0.1, -0.05) is 38.3 Å². The van der Waals surface area contributed by atoms with E-state index in [9.17, 15) is 8.42 Å². The molecule has 0 amide bonds. The zero-order valence-corrected chi connectivity index (χ0v) is 20.0. The maximum Gasteiger partial charge on any atom is 0.191 e. The van der Waals surface area contributed by atoms with Gasteiger partial charge in [0.2, 0.25) is 0 Å². The Morgan fingerprint density at radius 3 is 2.56 bits per heavy atom. The molecule has 0 unspecified atom stereocenters. The second-order valence-corrected chi connectivity index (χ2v) is 8.76. The van der Waals surface area contributed by atoms with Gasteiger partial charge in [0.05, 0.1) is 12.4 Å². The van der Waals surface area contributed by atoms with Gasteiger partial charge in [0.1, 0.15) is 15.6 Å². The van der Waals surface area contributed by atoms with Crippen molar-refractivity contribution in [3.05, 3.63) is 29.3 Å². The van der Waals surface area contributed by atoms with E-state index in [-0.39, 0.29) is 29.7 Å². The minimum atomic E-state index is -2.99. The molecule has 0 radical (unpaired) electrons. The Labute approximate surface area is 181 Å². The van der Waals surface area contributed by atoms with Crippen LogP contribution in [0, 0.1) is 6.92 Å². The van der Waals surface area contributed by atoms with Crippen molar-refractivity contribution in [2.45, 2.75) is 46.1 Å². The summed E-state index contributed by atoms with van der Waals surface area (Å²) in [5.41, 5.74) is 2.21. The fraction of sp³-hybridized carbons (Fsp3) is 0.632. The number of guanidine groups is 1. The summed E-state index contributed by atoms with van der Waals surface area (Å²) in [5, 5.41) is 6.22. The highest BCUT2D eigenvalue weighted by Gasteiger charge is 2.07. The molecule has 0 aliphatic carbocycles. The van der Waals surface area contributed by atoms with Crippen LogP contribution in [0.25, 0.3) is 0 Å². The maximum absolute atomic E-state index is 11.2. The predicted molar refractivity (Wildman–Crippen MR) is 124 cm³/mol. The van der Waals surface area contributed by atoms with Crippen molar-refractivity contribution in [3.63, 3.8) is 0 Å². The Balaban J connectivity index is 0.00000676. The predicted octanol–water partition coefficient (Wildman–Crippen LogP) is 3.28. The normalized spacial score (nSPS) is 11.6. The number of halogens is 1. The molecule has 0 heterocycles. The lowest BCUT2D eigenvalue weighted by atomic mass is 10.1. The third kappa shape index (κ3) is 12.1. The monoisotopic (exact) mass is 511 g/mol. The molecule has 0 aromatic heterocycles. The van der Waals surface area contributed by atoms with Crippen LogP contribution >= 0.6 is 24.0 Å². The number of nitrogens with one attached hydrogen (secondary N) is 2. The van der Waals surface area contributed by atoms with E-state index in [2.05, 4.69) is 34.7 Å². The molecule has 0 fully saturated rings. The highest BCUT2D eigenvalue weighted by atomic mass is 127. The first-order chi connectivity index (χ1) is 12.4. The number of nitrogens with zero attached hydrogens (tertiary/aromatic N) is 1. The average Bonchev–Trinajstić information content (AvgIpc) is 2.58. The van der Waals surface area contributed by atoms with E-state index in [1.807, 2.05) is 13.0 Å². The smallest absolute Gasteiger partial charge is 0.191 e. The summed E-state index contributed by atoms with van der Waals surface area (Å²) >= 11 is 0. The first-order valence-electron chi connectivity index (χ1n) is 9.20. The van der Waals surface area contributed by atoms with Gasteiger partial charge in [0.25, 0.3) is 0 Å². The number of rotatable bonds is 11. The second kappa shape index (κ2) is 14.0. The SMILES string of the molecule is CCCCCCOc1cc(C)ccc1CNC(=NC)NCCS(C)(=O)=O.I. The van der Waals surface area contributed by atoms with Gasteiger partial charge >= 0.3 is 0 Å². The van der Waals surface area contributed by atoms with Gasteiger partial charge in [-0.3, -0.25) is 4.99 Å². The molecule has 0 saturated carbocycles. The first-order valence-corrected chi connectivity index (χ1v) is 11.3. The maximum atomic E-state index is 11.2. The number of sulfone groups is 1. The number of unbranched alkanes of at least 4 members (excludes halogenated alkanes) is 3. The van der Waals surface area contributed by atoms with Crippen molar-refractivity contribution in [3.8, 4) is 5.75 Å². The first kappa shape index (κ1) is 26.0. The number of benzene rings is 1. The standard InChI is InChI=1S/C19H33N3O3S.HI/c1-5-6-7-8-12-25-18-14-16(2)9-10-17(18)15-22-19(20-3)21-11-13-26(4,23)24;/h9-10,14H,5-8,11-13,15H2,1-4H3,(H2,20,21,22);1H. The fourth-order valence-corrected chi connectivity index (χ4v) is 2.88. The van der Waals surface area contributed by atoms with Gasteiger partial charge in [0.15, 0.2) is 5.96 Å². The Hall–Kier alpha value is -1.03. The molecule has 156 valence electrons. The molecule has 27 heavy (non-hydrogen) atoms. The van der Waals surface area contributed by atoms with Crippen LogP contribution in [-0.4, -0.2) is 46.6 Å². The van der Waals surface area contributed by atoms with Gasteiger partial charge in [-0.05, 0) is 25.0 Å². The fourth-order valence-electron chi connectivity index (χ4n) is 2.41. The molecule has 0 aliphatic heterocycles. The van der Waals surface area contributed by atoms with Gasteiger partial charge < -0.3 is 15.4 Å². The molecule has 1 rings (SSSR count). The molecular weight excluding hydrogens is 477 g/mol. The Kier molecular flexibility index (Phi) is 13.5. The van der Waals surface area contributed by atoms with Crippen molar-refractivity contribution in [1.82, 2.24) is 10.6 Å². The molecule has 2 N–H and O–H groups in total. The lowest BCUT2D eigenvalue weighted by Gasteiger charge is -2.15. The number of aryl methyl sites for hydroxylation is 1. The Morgan fingerprint density at radius 2 is 1.93 bits per heavy atom. The molecule has 6 nitrogen and oxygen atoms in total. The minimum Gasteiger partial charge on any atom is -0.493 e. The third-order valence-electron chi connectivity index (χ3n) is 3.91. The van der Waals surface area contributed by atoms with Gasteiger partial charge in [-0.2, -0.15) is 0 Å². The highest BCUT2D eigenvalue weighted by molar-refractivity contribution is 14.0. The molecule has 0 aliphatic rings. The Morgan fingerprint density at radius 1 is 1.19 bits per heavy atom. The summed E-state index contributed by atoms with van der Waals surface area (Å²) in [6.45, 7) is 5.85. The van der Waals surface area contributed by atoms with E-state index in [1.165, 1.54) is 25.5 Å². The molecular formula is C19H34IN3O3S. The van der Waals surface area contributed by atoms with Crippen molar-refractivity contribution in [2.75, 3.05) is 32.2 Å². The van der Waals surface area contributed by atoms with E-state index >= 15 is 0 Å². The topological polar surface area (TPSA) is 79.8 Å². The van der Waals surface area contributed by atoms with Crippen molar-refractivity contribution in [2.24, 2.45) is 4.99 Å². The molecule has 8 heteroatoms. The largest absolute Gasteiger partial charge is 0.493 e. The van der Waals surface area contributed by atoms with Crippen LogP contribution < -0.4 is 15.4 Å². The molecule has 1 aromatic rings. The van der Waals surface area contributed by atoms with Crippen LogP contribution in [0.15, 0.2) is 23.2 Å². The molecule has 0 atom stereocenters. The van der Waals surface area contributed by atoms with Crippen LogP contribution in [0.2, 0.25) is 0 Å². The summed E-state index contributed by atoms with van der Waals surface area (Å²) in [6.07, 6.45) is 5.92. The Bertz CT molecular complexity index is 679. The molecule has 0 spiro atoms. The van der Waals surface area contributed by atoms with Crippen LogP contribution in [0.4, 0.5) is 0 Å². The zero-order chi connectivity index (χ0) is 19.4.